The fourth-order valence-corrected chi connectivity index (χ4v) is 3.35. The summed E-state index contributed by atoms with van der Waals surface area (Å²) >= 11 is 3.20. The monoisotopic (exact) mass is 354 g/mol. The van der Waals surface area contributed by atoms with Crippen molar-refractivity contribution in [1.82, 2.24) is 4.90 Å². The predicted molar refractivity (Wildman–Crippen MR) is 84.3 cm³/mol. The number of amides is 1. The molecule has 0 radical (unpaired) electrons. The third-order valence-electron chi connectivity index (χ3n) is 4.12. The van der Waals surface area contributed by atoms with Crippen LogP contribution in [-0.2, 0) is 0 Å². The fraction of sp³-hybridized carbons (Fsp3) is 0.533. The molecule has 21 heavy (non-hydrogen) atoms. The maximum Gasteiger partial charge on any atom is 0.284 e. The molecule has 1 fully saturated rings. The highest BCUT2D eigenvalue weighted by Gasteiger charge is 2.25. The van der Waals surface area contributed by atoms with Crippen LogP contribution in [0.5, 0.6) is 0 Å². The normalized spacial score (nSPS) is 19.1. The van der Waals surface area contributed by atoms with Crippen LogP contribution in [0.4, 0.5) is 5.69 Å². The van der Waals surface area contributed by atoms with Gasteiger partial charge in [0, 0.05) is 19.2 Å². The van der Waals surface area contributed by atoms with Crippen molar-refractivity contribution in [3.8, 4) is 0 Å². The second-order valence-electron chi connectivity index (χ2n) is 5.39. The quantitative estimate of drug-likeness (QED) is 0.608. The molecule has 1 atom stereocenters. The summed E-state index contributed by atoms with van der Waals surface area (Å²) in [6.45, 7) is 3.64. The van der Waals surface area contributed by atoms with E-state index < -0.39 is 4.92 Å². The summed E-state index contributed by atoms with van der Waals surface area (Å²) in [4.78, 5) is 24.9. The standard InChI is InChI=1S/C15H19BrN2O3/c1-2-11-5-4-9-17(10-8-11)15(19)12-6-3-7-13(14(12)16)18(20)21/h3,6-7,11H,2,4-5,8-10H2,1H3. The fourth-order valence-electron chi connectivity index (χ4n) is 2.77. The van der Waals surface area contributed by atoms with Crippen molar-refractivity contribution >= 4 is 27.5 Å². The zero-order valence-corrected chi connectivity index (χ0v) is 13.6. The lowest BCUT2D eigenvalue weighted by Crippen LogP contribution is -2.32. The summed E-state index contributed by atoms with van der Waals surface area (Å²) in [7, 11) is 0. The minimum Gasteiger partial charge on any atom is -0.339 e. The van der Waals surface area contributed by atoms with Gasteiger partial charge in [-0.05, 0) is 47.2 Å². The van der Waals surface area contributed by atoms with Gasteiger partial charge < -0.3 is 4.90 Å². The van der Waals surface area contributed by atoms with Crippen molar-refractivity contribution < 1.29 is 9.72 Å². The van der Waals surface area contributed by atoms with E-state index >= 15 is 0 Å². The van der Waals surface area contributed by atoms with Crippen molar-refractivity contribution in [2.24, 2.45) is 5.92 Å². The molecule has 1 heterocycles. The number of nitro groups is 1. The molecule has 1 amide bonds. The Morgan fingerprint density at radius 2 is 2.19 bits per heavy atom. The van der Waals surface area contributed by atoms with Crippen LogP contribution < -0.4 is 0 Å². The third kappa shape index (κ3) is 3.61. The van der Waals surface area contributed by atoms with Gasteiger partial charge in [-0.15, -0.1) is 0 Å². The third-order valence-corrected chi connectivity index (χ3v) is 4.95. The van der Waals surface area contributed by atoms with E-state index in [0.717, 1.165) is 38.8 Å². The van der Waals surface area contributed by atoms with Crippen LogP contribution in [0.15, 0.2) is 22.7 Å². The number of carbonyl (C=O) groups is 1. The molecule has 5 nitrogen and oxygen atoms in total. The van der Waals surface area contributed by atoms with Crippen LogP contribution in [0.2, 0.25) is 0 Å². The van der Waals surface area contributed by atoms with Crippen LogP contribution in [-0.4, -0.2) is 28.8 Å². The molecular weight excluding hydrogens is 336 g/mol. The molecule has 0 spiro atoms. The van der Waals surface area contributed by atoms with E-state index in [1.807, 2.05) is 4.90 Å². The van der Waals surface area contributed by atoms with Gasteiger partial charge in [-0.3, -0.25) is 14.9 Å². The number of nitro benzene ring substituents is 1. The first kappa shape index (κ1) is 15.9. The SMILES string of the molecule is CCC1CCCN(C(=O)c2cccc([N+](=O)[O-])c2Br)CC1. The largest absolute Gasteiger partial charge is 0.339 e. The maximum atomic E-state index is 12.6. The summed E-state index contributed by atoms with van der Waals surface area (Å²) in [5.41, 5.74) is 0.307. The number of nitrogens with zero attached hydrogens (tertiary/aromatic N) is 2. The zero-order chi connectivity index (χ0) is 15.4. The highest BCUT2D eigenvalue weighted by Crippen LogP contribution is 2.30. The van der Waals surface area contributed by atoms with Crippen LogP contribution in [0, 0.1) is 16.0 Å². The van der Waals surface area contributed by atoms with Gasteiger partial charge in [0.1, 0.15) is 4.47 Å². The van der Waals surface area contributed by atoms with Gasteiger partial charge in [0.15, 0.2) is 0 Å². The molecule has 1 aliphatic rings. The first-order valence-electron chi connectivity index (χ1n) is 7.26. The summed E-state index contributed by atoms with van der Waals surface area (Å²) in [5, 5.41) is 11.0. The Balaban J connectivity index is 2.20. The Morgan fingerprint density at radius 3 is 2.86 bits per heavy atom. The number of hydrogen-bond acceptors (Lipinski definition) is 3. The highest BCUT2D eigenvalue weighted by atomic mass is 79.9. The van der Waals surface area contributed by atoms with Crippen LogP contribution in [0.25, 0.3) is 0 Å². The average Bonchev–Trinajstić information content (AvgIpc) is 2.71. The summed E-state index contributed by atoms with van der Waals surface area (Å²) < 4.78 is 0.274. The topological polar surface area (TPSA) is 63.5 Å². The second kappa shape index (κ2) is 7.02. The first-order chi connectivity index (χ1) is 10.0. The molecule has 1 unspecified atom stereocenters. The van der Waals surface area contributed by atoms with Crippen molar-refractivity contribution in [1.29, 1.82) is 0 Å². The molecular formula is C15H19BrN2O3. The Labute approximate surface area is 132 Å². The van der Waals surface area contributed by atoms with Gasteiger partial charge in [0.05, 0.1) is 10.5 Å². The molecule has 1 aromatic rings. The van der Waals surface area contributed by atoms with E-state index in [1.54, 1.807) is 12.1 Å². The van der Waals surface area contributed by atoms with Crippen molar-refractivity contribution in [2.45, 2.75) is 32.6 Å². The van der Waals surface area contributed by atoms with Crippen molar-refractivity contribution in [3.63, 3.8) is 0 Å². The number of rotatable bonds is 3. The summed E-state index contributed by atoms with van der Waals surface area (Å²) in [6, 6.07) is 4.60. The van der Waals surface area contributed by atoms with E-state index in [-0.39, 0.29) is 16.1 Å². The van der Waals surface area contributed by atoms with E-state index in [9.17, 15) is 14.9 Å². The highest BCUT2D eigenvalue weighted by molar-refractivity contribution is 9.10. The minimum atomic E-state index is -0.476. The average molecular weight is 355 g/mol. The van der Waals surface area contributed by atoms with Crippen LogP contribution >= 0.6 is 15.9 Å². The molecule has 0 saturated carbocycles. The lowest BCUT2D eigenvalue weighted by atomic mass is 9.98. The van der Waals surface area contributed by atoms with Crippen molar-refractivity contribution in [2.75, 3.05) is 13.1 Å². The molecule has 114 valence electrons. The lowest BCUT2D eigenvalue weighted by Gasteiger charge is -2.21. The number of halogens is 1. The van der Waals surface area contributed by atoms with Crippen LogP contribution in [0.1, 0.15) is 43.0 Å². The first-order valence-corrected chi connectivity index (χ1v) is 8.06. The van der Waals surface area contributed by atoms with Crippen LogP contribution in [0.3, 0.4) is 0 Å². The predicted octanol–water partition coefficient (Wildman–Crippen LogP) is 4.01. The Bertz CT molecular complexity index is 548. The molecule has 2 rings (SSSR count). The molecule has 0 N–H and O–H groups in total. The van der Waals surface area contributed by atoms with Gasteiger partial charge in [-0.2, -0.15) is 0 Å². The summed E-state index contributed by atoms with van der Waals surface area (Å²) in [5.74, 6) is 0.554. The minimum absolute atomic E-state index is 0.0675. The molecule has 1 aromatic carbocycles. The molecule has 0 bridgehead atoms. The smallest absolute Gasteiger partial charge is 0.284 e. The van der Waals surface area contributed by atoms with E-state index in [4.69, 9.17) is 0 Å². The molecule has 1 saturated heterocycles. The van der Waals surface area contributed by atoms with Crippen molar-refractivity contribution in [3.05, 3.63) is 38.3 Å². The number of carbonyl (C=O) groups excluding carboxylic acids is 1. The van der Waals surface area contributed by atoms with Gasteiger partial charge in [-0.25, -0.2) is 0 Å². The Hall–Kier alpha value is -1.43. The second-order valence-corrected chi connectivity index (χ2v) is 6.19. The molecule has 6 heteroatoms. The molecule has 1 aliphatic heterocycles. The number of hydrogen-bond donors (Lipinski definition) is 0. The Kier molecular flexibility index (Phi) is 5.33. The Morgan fingerprint density at radius 1 is 1.43 bits per heavy atom. The van der Waals surface area contributed by atoms with E-state index in [0.29, 0.717) is 11.5 Å². The van der Waals surface area contributed by atoms with E-state index in [1.165, 1.54) is 6.07 Å². The van der Waals surface area contributed by atoms with E-state index in [2.05, 4.69) is 22.9 Å². The summed E-state index contributed by atoms with van der Waals surface area (Å²) in [6.07, 6.45) is 4.30. The lowest BCUT2D eigenvalue weighted by molar-refractivity contribution is -0.385. The molecule has 0 aromatic heterocycles. The number of likely N-dealkylation sites (tertiary alicyclic amines) is 1. The van der Waals surface area contributed by atoms with Gasteiger partial charge >= 0.3 is 0 Å². The van der Waals surface area contributed by atoms with Gasteiger partial charge in [0.2, 0.25) is 0 Å². The van der Waals surface area contributed by atoms with Gasteiger partial charge in [0.25, 0.3) is 11.6 Å². The zero-order valence-electron chi connectivity index (χ0n) is 12.0. The molecule has 0 aliphatic carbocycles. The number of benzene rings is 1. The maximum absolute atomic E-state index is 12.6. The van der Waals surface area contributed by atoms with Gasteiger partial charge in [-0.1, -0.05) is 19.4 Å².